The molecule has 98 valence electrons. The van der Waals surface area contributed by atoms with Gasteiger partial charge in [0.25, 0.3) is 0 Å². The highest BCUT2D eigenvalue weighted by Gasteiger charge is 2.09. The average Bonchev–Trinajstić information content (AvgIpc) is 2.75. The molecule has 0 aliphatic carbocycles. The van der Waals surface area contributed by atoms with Gasteiger partial charge >= 0.3 is 0 Å². The second-order valence-electron chi connectivity index (χ2n) is 4.22. The molecule has 4 nitrogen and oxygen atoms in total. The van der Waals surface area contributed by atoms with E-state index < -0.39 is 0 Å². The number of benzene rings is 1. The molecule has 0 spiro atoms. The number of para-hydroxylation sites is 2. The highest BCUT2D eigenvalue weighted by molar-refractivity contribution is 5.75. The van der Waals surface area contributed by atoms with Gasteiger partial charge < -0.3 is 14.6 Å². The van der Waals surface area contributed by atoms with Gasteiger partial charge in [-0.2, -0.15) is 0 Å². The highest BCUT2D eigenvalue weighted by Crippen LogP contribution is 2.16. The fourth-order valence-electron chi connectivity index (χ4n) is 2.10. The predicted molar refractivity (Wildman–Crippen MR) is 73.9 cm³/mol. The molecule has 0 saturated carbocycles. The summed E-state index contributed by atoms with van der Waals surface area (Å²) in [6, 6.07) is 8.28. The van der Waals surface area contributed by atoms with Crippen LogP contribution in [0, 0.1) is 0 Å². The Kier molecular flexibility index (Phi) is 4.73. The Morgan fingerprint density at radius 1 is 1.33 bits per heavy atom. The normalized spacial score (nSPS) is 11.2. The van der Waals surface area contributed by atoms with Crippen molar-refractivity contribution in [2.24, 2.45) is 0 Å². The first kappa shape index (κ1) is 13.1. The van der Waals surface area contributed by atoms with Gasteiger partial charge in [0.05, 0.1) is 17.6 Å². The van der Waals surface area contributed by atoms with Gasteiger partial charge in [-0.1, -0.05) is 12.1 Å². The number of nitrogens with zero attached hydrogens (tertiary/aromatic N) is 2. The molecule has 2 aromatic rings. The largest absolute Gasteiger partial charge is 0.380 e. The Morgan fingerprint density at radius 3 is 2.94 bits per heavy atom. The second kappa shape index (κ2) is 6.52. The molecule has 0 bridgehead atoms. The molecule has 1 aromatic carbocycles. The summed E-state index contributed by atoms with van der Waals surface area (Å²) in [6.45, 7) is 5.33. The van der Waals surface area contributed by atoms with Crippen molar-refractivity contribution < 1.29 is 4.74 Å². The van der Waals surface area contributed by atoms with Crippen LogP contribution in [0.25, 0.3) is 11.0 Å². The van der Waals surface area contributed by atoms with E-state index in [-0.39, 0.29) is 0 Å². The Hall–Kier alpha value is -1.39. The molecule has 18 heavy (non-hydrogen) atoms. The summed E-state index contributed by atoms with van der Waals surface area (Å²) in [6.07, 6.45) is 0.942. The van der Waals surface area contributed by atoms with Crippen LogP contribution >= 0.6 is 0 Å². The van der Waals surface area contributed by atoms with Gasteiger partial charge in [0, 0.05) is 26.1 Å². The third-order valence-electron chi connectivity index (χ3n) is 3.00. The lowest BCUT2D eigenvalue weighted by molar-refractivity contribution is 0.139. The lowest BCUT2D eigenvalue weighted by atomic mass is 10.3. The van der Waals surface area contributed by atoms with Gasteiger partial charge in [-0.3, -0.25) is 0 Å². The van der Waals surface area contributed by atoms with E-state index in [1.54, 1.807) is 0 Å². The fourth-order valence-corrected chi connectivity index (χ4v) is 2.10. The topological polar surface area (TPSA) is 39.1 Å². The van der Waals surface area contributed by atoms with E-state index in [4.69, 9.17) is 9.72 Å². The quantitative estimate of drug-likeness (QED) is 0.759. The van der Waals surface area contributed by atoms with Crippen LogP contribution in [0.2, 0.25) is 0 Å². The predicted octanol–water partition coefficient (Wildman–Crippen LogP) is 1.83. The van der Waals surface area contributed by atoms with Crippen LogP contribution in [0.5, 0.6) is 0 Å². The van der Waals surface area contributed by atoms with E-state index in [0.29, 0.717) is 0 Å². The maximum atomic E-state index is 5.45. The zero-order valence-electron chi connectivity index (χ0n) is 11.1. The van der Waals surface area contributed by atoms with Gasteiger partial charge in [-0.05, 0) is 26.1 Å². The zero-order chi connectivity index (χ0) is 12.8. The molecule has 0 unspecified atom stereocenters. The van der Waals surface area contributed by atoms with Crippen LogP contribution in [-0.4, -0.2) is 36.4 Å². The van der Waals surface area contributed by atoms with Crippen molar-refractivity contribution in [1.82, 2.24) is 14.9 Å². The zero-order valence-corrected chi connectivity index (χ0v) is 11.1. The Balaban J connectivity index is 2.25. The molecule has 4 heteroatoms. The third-order valence-corrected chi connectivity index (χ3v) is 3.00. The first-order chi connectivity index (χ1) is 8.86. The maximum Gasteiger partial charge on any atom is 0.111 e. The van der Waals surface area contributed by atoms with Crippen LogP contribution in [0.15, 0.2) is 24.3 Å². The number of rotatable bonds is 7. The SMILES string of the molecule is CCOCCn1c(CCNC)nc2ccccc21. The molecule has 0 fully saturated rings. The molecule has 0 saturated heterocycles. The number of aromatic nitrogens is 2. The molecule has 0 aliphatic heterocycles. The minimum absolute atomic E-state index is 0.739. The summed E-state index contributed by atoms with van der Waals surface area (Å²) < 4.78 is 7.72. The van der Waals surface area contributed by atoms with Crippen LogP contribution in [0.1, 0.15) is 12.7 Å². The smallest absolute Gasteiger partial charge is 0.111 e. The van der Waals surface area contributed by atoms with Crippen LogP contribution in [-0.2, 0) is 17.7 Å². The summed E-state index contributed by atoms with van der Waals surface area (Å²) in [5, 5.41) is 3.17. The molecule has 1 N–H and O–H groups in total. The van der Waals surface area contributed by atoms with Crippen molar-refractivity contribution in [3.63, 3.8) is 0 Å². The van der Waals surface area contributed by atoms with E-state index in [1.165, 1.54) is 5.52 Å². The average molecular weight is 247 g/mol. The Morgan fingerprint density at radius 2 is 2.17 bits per heavy atom. The molecule has 1 heterocycles. The Labute approximate surface area is 108 Å². The molecular weight excluding hydrogens is 226 g/mol. The van der Waals surface area contributed by atoms with E-state index >= 15 is 0 Å². The van der Waals surface area contributed by atoms with Gasteiger partial charge in [0.1, 0.15) is 5.82 Å². The lowest BCUT2D eigenvalue weighted by Gasteiger charge is -2.09. The molecule has 0 radical (unpaired) electrons. The van der Waals surface area contributed by atoms with E-state index in [9.17, 15) is 0 Å². The van der Waals surface area contributed by atoms with E-state index in [2.05, 4.69) is 28.1 Å². The number of hydrogen-bond donors (Lipinski definition) is 1. The van der Waals surface area contributed by atoms with Crippen LogP contribution < -0.4 is 5.32 Å². The minimum atomic E-state index is 0.739. The first-order valence-corrected chi connectivity index (χ1v) is 6.53. The lowest BCUT2D eigenvalue weighted by Crippen LogP contribution is -2.15. The molecule has 0 aliphatic rings. The Bertz CT molecular complexity index is 493. The molecule has 0 amide bonds. The fraction of sp³-hybridized carbons (Fsp3) is 0.500. The summed E-state index contributed by atoms with van der Waals surface area (Å²) in [7, 11) is 1.97. The van der Waals surface area contributed by atoms with Gasteiger partial charge in [-0.25, -0.2) is 4.98 Å². The number of imidazole rings is 1. The highest BCUT2D eigenvalue weighted by atomic mass is 16.5. The van der Waals surface area contributed by atoms with Crippen molar-refractivity contribution >= 4 is 11.0 Å². The van der Waals surface area contributed by atoms with Crippen molar-refractivity contribution in [2.75, 3.05) is 26.8 Å². The standard InChI is InChI=1S/C14H21N3O/c1-3-18-11-10-17-13-7-5-4-6-12(13)16-14(17)8-9-15-2/h4-7,15H,3,8-11H2,1-2H3. The van der Waals surface area contributed by atoms with E-state index in [0.717, 1.165) is 44.1 Å². The van der Waals surface area contributed by atoms with Crippen molar-refractivity contribution in [2.45, 2.75) is 19.9 Å². The number of fused-ring (bicyclic) bond motifs is 1. The first-order valence-electron chi connectivity index (χ1n) is 6.53. The molecule has 1 aromatic heterocycles. The van der Waals surface area contributed by atoms with Gasteiger partial charge in [-0.15, -0.1) is 0 Å². The summed E-state index contributed by atoms with van der Waals surface area (Å²) >= 11 is 0. The van der Waals surface area contributed by atoms with Gasteiger partial charge in [0.2, 0.25) is 0 Å². The van der Waals surface area contributed by atoms with Crippen molar-refractivity contribution in [1.29, 1.82) is 0 Å². The summed E-state index contributed by atoms with van der Waals surface area (Å²) in [5.74, 6) is 1.13. The van der Waals surface area contributed by atoms with E-state index in [1.807, 2.05) is 20.0 Å². The van der Waals surface area contributed by atoms with Crippen molar-refractivity contribution in [3.05, 3.63) is 30.1 Å². The number of likely N-dealkylation sites (N-methyl/N-ethyl adjacent to an activating group) is 1. The van der Waals surface area contributed by atoms with Crippen LogP contribution in [0.4, 0.5) is 0 Å². The number of nitrogens with one attached hydrogen (secondary N) is 1. The summed E-state index contributed by atoms with van der Waals surface area (Å²) in [4.78, 5) is 4.70. The monoisotopic (exact) mass is 247 g/mol. The molecular formula is C14H21N3O. The maximum absolute atomic E-state index is 5.45. The molecule has 0 atom stereocenters. The summed E-state index contributed by atoms with van der Waals surface area (Å²) in [5.41, 5.74) is 2.27. The molecule has 2 rings (SSSR count). The third kappa shape index (κ3) is 2.89. The van der Waals surface area contributed by atoms with Gasteiger partial charge in [0.15, 0.2) is 0 Å². The van der Waals surface area contributed by atoms with Crippen LogP contribution in [0.3, 0.4) is 0 Å². The minimum Gasteiger partial charge on any atom is -0.380 e. The second-order valence-corrected chi connectivity index (χ2v) is 4.22. The number of ether oxygens (including phenoxy) is 1. The van der Waals surface area contributed by atoms with Crippen molar-refractivity contribution in [3.8, 4) is 0 Å². The number of hydrogen-bond acceptors (Lipinski definition) is 3.